The molecule has 12 heteroatoms. The Morgan fingerprint density at radius 3 is 2.55 bits per heavy atom. The lowest BCUT2D eigenvalue weighted by Crippen LogP contribution is -2.35. The lowest BCUT2D eigenvalue weighted by Gasteiger charge is -2.30. The van der Waals surface area contributed by atoms with Crippen molar-refractivity contribution < 1.29 is 22.0 Å². The van der Waals surface area contributed by atoms with E-state index in [0.717, 1.165) is 23.7 Å². The lowest BCUT2D eigenvalue weighted by molar-refractivity contribution is -0.140. The zero-order chi connectivity index (χ0) is 23.4. The second-order valence-electron chi connectivity index (χ2n) is 9.07. The van der Waals surface area contributed by atoms with E-state index in [1.165, 1.54) is 18.3 Å². The Morgan fingerprint density at radius 1 is 1.15 bits per heavy atom. The van der Waals surface area contributed by atoms with Gasteiger partial charge in [-0.2, -0.15) is 18.3 Å². The van der Waals surface area contributed by atoms with Crippen LogP contribution in [0, 0.1) is 11.8 Å². The molecule has 0 bridgehead atoms. The second-order valence-corrected chi connectivity index (χ2v) is 9.07. The highest BCUT2D eigenvalue weighted by Crippen LogP contribution is 2.47. The molecule has 1 saturated heterocycles. The topological polar surface area (TPSA) is 71.8 Å². The molecule has 3 aromatic rings. The van der Waals surface area contributed by atoms with Gasteiger partial charge in [-0.1, -0.05) is 0 Å². The summed E-state index contributed by atoms with van der Waals surface area (Å²) in [5, 5.41) is 7.31. The van der Waals surface area contributed by atoms with Gasteiger partial charge in [-0.15, -0.1) is 0 Å². The van der Waals surface area contributed by atoms with Gasteiger partial charge in [0.05, 0.1) is 18.1 Å². The first-order chi connectivity index (χ1) is 15.6. The van der Waals surface area contributed by atoms with Gasteiger partial charge in [-0.05, 0) is 43.7 Å². The van der Waals surface area contributed by atoms with Crippen LogP contribution in [0.15, 0.2) is 30.7 Å². The van der Waals surface area contributed by atoms with Gasteiger partial charge in [-0.3, -0.25) is 0 Å². The van der Waals surface area contributed by atoms with Crippen molar-refractivity contribution in [1.82, 2.24) is 24.7 Å². The molecule has 176 valence electrons. The number of halogens is 5. The minimum absolute atomic E-state index is 0.123. The second kappa shape index (κ2) is 7.77. The van der Waals surface area contributed by atoms with Crippen molar-refractivity contribution in [3.8, 4) is 0 Å². The molecule has 0 spiro atoms. The van der Waals surface area contributed by atoms with Gasteiger partial charge in [0.15, 0.2) is 11.3 Å². The average Bonchev–Trinajstić information content (AvgIpc) is 3.38. The predicted octanol–water partition coefficient (Wildman–Crippen LogP) is 4.22. The molecule has 7 nitrogen and oxygen atoms in total. The van der Waals surface area contributed by atoms with Crippen LogP contribution in [0.4, 0.5) is 33.5 Å². The van der Waals surface area contributed by atoms with Crippen molar-refractivity contribution in [1.29, 1.82) is 0 Å². The number of nitrogens with zero attached hydrogens (tertiary/aromatic N) is 6. The summed E-state index contributed by atoms with van der Waals surface area (Å²) in [6.45, 7) is 2.52. The summed E-state index contributed by atoms with van der Waals surface area (Å²) >= 11 is 0. The van der Waals surface area contributed by atoms with E-state index < -0.39 is 24.8 Å². The normalized spacial score (nSPS) is 25.2. The number of hydrogen-bond acceptors (Lipinski definition) is 6. The molecule has 2 fully saturated rings. The summed E-state index contributed by atoms with van der Waals surface area (Å²) < 4.78 is 66.9. The molecule has 1 unspecified atom stereocenters. The van der Waals surface area contributed by atoms with E-state index in [1.54, 1.807) is 11.1 Å². The zero-order valence-corrected chi connectivity index (χ0v) is 17.7. The van der Waals surface area contributed by atoms with Gasteiger partial charge in [0.1, 0.15) is 17.9 Å². The quantitative estimate of drug-likeness (QED) is 0.567. The van der Waals surface area contributed by atoms with Crippen LogP contribution in [-0.2, 0) is 12.7 Å². The number of fused-ring (bicyclic) bond motifs is 2. The van der Waals surface area contributed by atoms with Crippen molar-refractivity contribution in [2.24, 2.45) is 11.8 Å². The third kappa shape index (κ3) is 4.18. The Kier molecular flexibility index (Phi) is 5.13. The number of aromatic nitrogens is 5. The van der Waals surface area contributed by atoms with Crippen LogP contribution in [0.1, 0.15) is 25.5 Å². The zero-order valence-electron chi connectivity index (χ0n) is 17.7. The Morgan fingerprint density at radius 2 is 1.88 bits per heavy atom. The molecule has 1 aliphatic carbocycles. The van der Waals surface area contributed by atoms with E-state index >= 15 is 0 Å². The largest absolute Gasteiger partial charge is 0.435 e. The standard InChI is InChI=1S/C21H22F5N7/c1-20(31-17-8-28-14-7-29-33(11-16(22)23)19(14)30-17)5-12-9-32(10-13(12)6-20)15-3-2-4-27-18(15)21(24,25)26/h2-4,7-8,12-13,16H,5-6,9-11H2,1H3,(H,30,31)/t12-,13+,20?. The monoisotopic (exact) mass is 467 g/mol. The van der Waals surface area contributed by atoms with E-state index in [-0.39, 0.29) is 28.7 Å². The van der Waals surface area contributed by atoms with Crippen LogP contribution < -0.4 is 10.2 Å². The lowest BCUT2D eigenvalue weighted by atomic mass is 9.98. The maximum absolute atomic E-state index is 13.4. The molecule has 3 atom stereocenters. The highest BCUT2D eigenvalue weighted by atomic mass is 19.4. The third-order valence-corrected chi connectivity index (χ3v) is 6.48. The summed E-state index contributed by atoms with van der Waals surface area (Å²) in [7, 11) is 0. The Balaban J connectivity index is 1.30. The Labute approximate surface area is 186 Å². The molecule has 2 aliphatic rings. The van der Waals surface area contributed by atoms with Gasteiger partial charge in [0.2, 0.25) is 0 Å². The van der Waals surface area contributed by atoms with Crippen molar-refractivity contribution in [2.45, 2.75) is 44.5 Å². The Hall–Kier alpha value is -3.05. The molecule has 1 N–H and O–H groups in total. The summed E-state index contributed by atoms with van der Waals surface area (Å²) in [6, 6.07) is 3.00. The summed E-state index contributed by atoms with van der Waals surface area (Å²) in [5.74, 6) is 0.888. The number of nitrogens with one attached hydrogen (secondary N) is 1. The van der Waals surface area contributed by atoms with Crippen LogP contribution >= 0.6 is 0 Å². The maximum Gasteiger partial charge on any atom is 0.435 e. The molecular formula is C21H22F5N7. The fourth-order valence-corrected chi connectivity index (χ4v) is 5.29. The molecule has 4 heterocycles. The van der Waals surface area contributed by atoms with Crippen molar-refractivity contribution in [3.05, 3.63) is 36.4 Å². The number of alkyl halides is 5. The highest BCUT2D eigenvalue weighted by Gasteiger charge is 2.48. The van der Waals surface area contributed by atoms with Crippen LogP contribution in [0.5, 0.6) is 0 Å². The summed E-state index contributed by atoms with van der Waals surface area (Å²) in [5.41, 5.74) is -0.349. The van der Waals surface area contributed by atoms with Gasteiger partial charge >= 0.3 is 6.18 Å². The fraction of sp³-hybridized carbons (Fsp3) is 0.524. The molecule has 33 heavy (non-hydrogen) atoms. The number of pyridine rings is 1. The average molecular weight is 467 g/mol. The molecular weight excluding hydrogens is 445 g/mol. The third-order valence-electron chi connectivity index (χ3n) is 6.48. The molecule has 1 aliphatic heterocycles. The molecule has 1 saturated carbocycles. The number of hydrogen-bond donors (Lipinski definition) is 1. The first kappa shape index (κ1) is 21.8. The molecule has 0 radical (unpaired) electrons. The molecule has 5 rings (SSSR count). The first-order valence-corrected chi connectivity index (χ1v) is 10.6. The first-order valence-electron chi connectivity index (χ1n) is 10.6. The van der Waals surface area contributed by atoms with Gasteiger partial charge in [-0.25, -0.2) is 28.4 Å². The van der Waals surface area contributed by atoms with E-state index in [2.05, 4.69) is 25.4 Å². The molecule has 0 amide bonds. The van der Waals surface area contributed by atoms with E-state index in [0.29, 0.717) is 24.4 Å². The maximum atomic E-state index is 13.4. The van der Waals surface area contributed by atoms with Crippen molar-refractivity contribution in [2.75, 3.05) is 23.3 Å². The van der Waals surface area contributed by atoms with Crippen LogP contribution in [0.25, 0.3) is 11.2 Å². The fourth-order valence-electron chi connectivity index (χ4n) is 5.29. The van der Waals surface area contributed by atoms with Crippen LogP contribution in [0.2, 0.25) is 0 Å². The summed E-state index contributed by atoms with van der Waals surface area (Å²) in [6.07, 6.45) is -1.46. The number of anilines is 2. The minimum atomic E-state index is -4.50. The van der Waals surface area contributed by atoms with E-state index in [1.807, 2.05) is 6.92 Å². The minimum Gasteiger partial charge on any atom is -0.369 e. The van der Waals surface area contributed by atoms with E-state index in [4.69, 9.17) is 0 Å². The van der Waals surface area contributed by atoms with Crippen molar-refractivity contribution in [3.63, 3.8) is 0 Å². The van der Waals surface area contributed by atoms with Crippen LogP contribution in [0.3, 0.4) is 0 Å². The Bertz CT molecular complexity index is 1150. The number of rotatable bonds is 5. The highest BCUT2D eigenvalue weighted by molar-refractivity contribution is 5.71. The smallest absolute Gasteiger partial charge is 0.369 e. The van der Waals surface area contributed by atoms with Gasteiger partial charge in [0, 0.05) is 24.8 Å². The van der Waals surface area contributed by atoms with Gasteiger partial charge < -0.3 is 10.2 Å². The summed E-state index contributed by atoms with van der Waals surface area (Å²) in [4.78, 5) is 14.1. The predicted molar refractivity (Wildman–Crippen MR) is 111 cm³/mol. The van der Waals surface area contributed by atoms with Gasteiger partial charge in [0.25, 0.3) is 6.43 Å². The SMILES string of the molecule is CC1(Nc2cnc3cnn(CC(F)F)c3n2)C[C@H]2CN(c3cccnc3C(F)(F)F)C[C@H]2C1. The molecule has 0 aromatic carbocycles. The van der Waals surface area contributed by atoms with Crippen molar-refractivity contribution >= 4 is 22.7 Å². The molecule has 3 aromatic heterocycles. The van der Waals surface area contributed by atoms with Crippen LogP contribution in [-0.4, -0.2) is 49.8 Å². The van der Waals surface area contributed by atoms with E-state index in [9.17, 15) is 22.0 Å².